The predicted molar refractivity (Wildman–Crippen MR) is 86.6 cm³/mol. The number of carbonyl (C=O) groups is 1. The molecule has 0 saturated heterocycles. The molecular formula is C15H13N3O2S2. The lowest BCUT2D eigenvalue weighted by Crippen LogP contribution is -2.09. The van der Waals surface area contributed by atoms with Crippen molar-refractivity contribution in [1.29, 1.82) is 0 Å². The van der Waals surface area contributed by atoms with Crippen LogP contribution < -0.4 is 5.32 Å². The summed E-state index contributed by atoms with van der Waals surface area (Å²) in [5, 5.41) is 8.87. The molecule has 3 aromatic heterocycles. The fourth-order valence-electron chi connectivity index (χ4n) is 2.14. The van der Waals surface area contributed by atoms with Gasteiger partial charge in [0, 0.05) is 10.8 Å². The molecule has 0 radical (unpaired) electrons. The summed E-state index contributed by atoms with van der Waals surface area (Å²) < 4.78 is 5.29. The molecule has 0 atom stereocenters. The first-order valence-corrected chi connectivity index (χ1v) is 8.69. The summed E-state index contributed by atoms with van der Waals surface area (Å²) in [6.07, 6.45) is 2.26. The number of hydrogen-bond acceptors (Lipinski definition) is 6. The first-order valence-electron chi connectivity index (χ1n) is 7.00. The van der Waals surface area contributed by atoms with Crippen molar-refractivity contribution < 1.29 is 9.32 Å². The highest BCUT2D eigenvalue weighted by atomic mass is 32.1. The monoisotopic (exact) mass is 331 g/mol. The molecule has 1 fully saturated rings. The average Bonchev–Trinajstić information content (AvgIpc) is 2.96. The fourth-order valence-corrected chi connectivity index (χ4v) is 3.66. The molecule has 1 saturated carbocycles. The Bertz CT molecular complexity index is 816. The van der Waals surface area contributed by atoms with E-state index in [2.05, 4.69) is 15.5 Å². The van der Waals surface area contributed by atoms with E-state index in [1.807, 2.05) is 30.5 Å². The zero-order valence-corrected chi connectivity index (χ0v) is 13.5. The van der Waals surface area contributed by atoms with Gasteiger partial charge in [0.2, 0.25) is 11.7 Å². The second kappa shape index (κ2) is 5.33. The van der Waals surface area contributed by atoms with Crippen LogP contribution in [0.3, 0.4) is 0 Å². The van der Waals surface area contributed by atoms with Gasteiger partial charge in [-0.3, -0.25) is 4.79 Å². The number of nitrogens with zero attached hydrogens (tertiary/aromatic N) is 2. The van der Waals surface area contributed by atoms with Crippen LogP contribution in [-0.2, 0) is 0 Å². The van der Waals surface area contributed by atoms with Crippen molar-refractivity contribution in [3.63, 3.8) is 0 Å². The van der Waals surface area contributed by atoms with Crippen molar-refractivity contribution in [2.24, 2.45) is 0 Å². The van der Waals surface area contributed by atoms with E-state index in [4.69, 9.17) is 4.52 Å². The summed E-state index contributed by atoms with van der Waals surface area (Å²) in [6.45, 7) is 1.97. The Morgan fingerprint density at radius 2 is 2.32 bits per heavy atom. The fraction of sp³-hybridized carbons (Fsp3) is 0.267. The minimum Gasteiger partial charge on any atom is -0.339 e. The van der Waals surface area contributed by atoms with E-state index in [-0.39, 0.29) is 5.91 Å². The third-order valence-electron chi connectivity index (χ3n) is 3.50. The summed E-state index contributed by atoms with van der Waals surface area (Å²) in [6, 6.07) is 5.58. The van der Waals surface area contributed by atoms with Gasteiger partial charge in [-0.2, -0.15) is 4.98 Å². The number of amides is 1. The Hall–Kier alpha value is -1.99. The van der Waals surface area contributed by atoms with Crippen molar-refractivity contribution in [3.8, 4) is 10.7 Å². The number of rotatable bonds is 4. The zero-order chi connectivity index (χ0) is 15.1. The van der Waals surface area contributed by atoms with Crippen LogP contribution in [0, 0.1) is 6.92 Å². The first kappa shape index (κ1) is 13.7. The number of anilines is 1. The molecule has 0 unspecified atom stereocenters. The van der Waals surface area contributed by atoms with Crippen LogP contribution in [0.15, 0.2) is 28.1 Å². The molecule has 3 heterocycles. The van der Waals surface area contributed by atoms with Crippen molar-refractivity contribution >= 4 is 34.3 Å². The van der Waals surface area contributed by atoms with Gasteiger partial charge in [0.05, 0.1) is 15.4 Å². The molecule has 7 heteroatoms. The summed E-state index contributed by atoms with van der Waals surface area (Å²) in [7, 11) is 0. The van der Waals surface area contributed by atoms with E-state index in [9.17, 15) is 4.79 Å². The molecule has 4 rings (SSSR count). The van der Waals surface area contributed by atoms with Gasteiger partial charge in [0.25, 0.3) is 5.91 Å². The van der Waals surface area contributed by atoms with E-state index in [1.165, 1.54) is 11.3 Å². The average molecular weight is 331 g/mol. The van der Waals surface area contributed by atoms with E-state index in [0.29, 0.717) is 16.6 Å². The highest BCUT2D eigenvalue weighted by Gasteiger charge is 2.30. The van der Waals surface area contributed by atoms with Gasteiger partial charge in [-0.25, -0.2) is 0 Å². The van der Waals surface area contributed by atoms with Crippen LogP contribution in [-0.4, -0.2) is 16.0 Å². The lowest BCUT2D eigenvalue weighted by Gasteiger charge is -2.01. The molecule has 112 valence electrons. The van der Waals surface area contributed by atoms with E-state index in [0.717, 1.165) is 34.2 Å². The number of aryl methyl sites for hydroxylation is 1. The van der Waals surface area contributed by atoms with E-state index < -0.39 is 0 Å². The van der Waals surface area contributed by atoms with Gasteiger partial charge in [-0.15, -0.1) is 22.7 Å². The Balaban J connectivity index is 1.56. The van der Waals surface area contributed by atoms with E-state index in [1.54, 1.807) is 11.3 Å². The largest absolute Gasteiger partial charge is 0.339 e. The van der Waals surface area contributed by atoms with Crippen molar-refractivity contribution in [1.82, 2.24) is 10.1 Å². The normalized spacial score (nSPS) is 14.2. The summed E-state index contributed by atoms with van der Waals surface area (Å²) in [5.41, 5.74) is 0.802. The molecule has 3 aromatic rings. The summed E-state index contributed by atoms with van der Waals surface area (Å²) in [5.74, 6) is 1.69. The molecule has 1 N–H and O–H groups in total. The SMILES string of the molecule is Cc1sc(-c2noc(C3CC3)n2)cc1NC(=O)c1cccs1. The lowest BCUT2D eigenvalue weighted by atomic mass is 10.3. The molecule has 0 spiro atoms. The summed E-state index contributed by atoms with van der Waals surface area (Å²) >= 11 is 2.98. The van der Waals surface area contributed by atoms with Gasteiger partial charge in [-0.05, 0) is 37.3 Å². The zero-order valence-electron chi connectivity index (χ0n) is 11.8. The number of hydrogen-bond donors (Lipinski definition) is 1. The quantitative estimate of drug-likeness (QED) is 0.774. The number of nitrogens with one attached hydrogen (secondary N) is 1. The van der Waals surface area contributed by atoms with Crippen LogP contribution in [0.25, 0.3) is 10.7 Å². The van der Waals surface area contributed by atoms with Gasteiger partial charge < -0.3 is 9.84 Å². The highest BCUT2D eigenvalue weighted by molar-refractivity contribution is 7.16. The van der Waals surface area contributed by atoms with Gasteiger partial charge in [-0.1, -0.05) is 11.2 Å². The maximum atomic E-state index is 12.1. The minimum atomic E-state index is -0.0887. The van der Waals surface area contributed by atoms with Crippen LogP contribution >= 0.6 is 22.7 Å². The standard InChI is InChI=1S/C15H13N3O2S2/c1-8-10(16-14(19)11-3-2-6-21-11)7-12(22-8)13-17-15(20-18-13)9-4-5-9/h2-3,6-7,9H,4-5H2,1H3,(H,16,19). The van der Waals surface area contributed by atoms with Gasteiger partial charge >= 0.3 is 0 Å². The van der Waals surface area contributed by atoms with Crippen LogP contribution in [0.1, 0.15) is 39.2 Å². The van der Waals surface area contributed by atoms with Crippen molar-refractivity contribution in [2.75, 3.05) is 5.32 Å². The first-order chi connectivity index (χ1) is 10.7. The maximum absolute atomic E-state index is 12.1. The molecule has 1 aliphatic rings. The molecule has 1 amide bonds. The molecule has 0 bridgehead atoms. The van der Waals surface area contributed by atoms with Crippen LogP contribution in [0.4, 0.5) is 5.69 Å². The predicted octanol–water partition coefficient (Wildman–Crippen LogP) is 4.30. The van der Waals surface area contributed by atoms with Crippen LogP contribution in [0.5, 0.6) is 0 Å². The number of thiophene rings is 2. The molecule has 22 heavy (non-hydrogen) atoms. The topological polar surface area (TPSA) is 68.0 Å². The minimum absolute atomic E-state index is 0.0887. The maximum Gasteiger partial charge on any atom is 0.265 e. The number of carbonyl (C=O) groups excluding carboxylic acids is 1. The second-order valence-electron chi connectivity index (χ2n) is 5.24. The van der Waals surface area contributed by atoms with E-state index >= 15 is 0 Å². The van der Waals surface area contributed by atoms with Gasteiger partial charge in [0.1, 0.15) is 0 Å². The Kier molecular flexibility index (Phi) is 3.31. The second-order valence-corrected chi connectivity index (χ2v) is 7.45. The molecule has 0 aliphatic heterocycles. The third kappa shape index (κ3) is 2.57. The Morgan fingerprint density at radius 3 is 3.05 bits per heavy atom. The number of aromatic nitrogens is 2. The van der Waals surface area contributed by atoms with Gasteiger partial charge in [0.15, 0.2) is 0 Å². The highest BCUT2D eigenvalue weighted by Crippen LogP contribution is 2.40. The summed E-state index contributed by atoms with van der Waals surface area (Å²) in [4.78, 5) is 19.2. The smallest absolute Gasteiger partial charge is 0.265 e. The molecular weight excluding hydrogens is 318 g/mol. The third-order valence-corrected chi connectivity index (χ3v) is 5.41. The molecule has 5 nitrogen and oxygen atoms in total. The van der Waals surface area contributed by atoms with Crippen molar-refractivity contribution in [3.05, 3.63) is 39.2 Å². The Morgan fingerprint density at radius 1 is 1.45 bits per heavy atom. The van der Waals surface area contributed by atoms with Crippen LogP contribution in [0.2, 0.25) is 0 Å². The Labute approximate surface area is 135 Å². The molecule has 1 aliphatic carbocycles. The molecule has 0 aromatic carbocycles. The van der Waals surface area contributed by atoms with Crippen molar-refractivity contribution in [2.45, 2.75) is 25.7 Å². The lowest BCUT2D eigenvalue weighted by molar-refractivity contribution is 0.103.